The first-order chi connectivity index (χ1) is 21.1. The monoisotopic (exact) mass is 642 g/mol. The summed E-state index contributed by atoms with van der Waals surface area (Å²) in [7, 11) is 2.11. The number of pyridine rings is 1. The first-order valence-corrected chi connectivity index (χ1v) is 16.3. The van der Waals surface area contributed by atoms with Crippen LogP contribution in [0, 0.1) is 0 Å². The molecule has 2 N–H and O–H groups in total. The Morgan fingerprint density at radius 2 is 1.77 bits per heavy atom. The van der Waals surface area contributed by atoms with Gasteiger partial charge >= 0.3 is 0 Å². The van der Waals surface area contributed by atoms with Crippen molar-refractivity contribution in [2.24, 2.45) is 0 Å². The highest BCUT2D eigenvalue weighted by Gasteiger charge is 2.36. The van der Waals surface area contributed by atoms with Crippen LogP contribution < -0.4 is 14.4 Å². The van der Waals surface area contributed by atoms with E-state index in [4.69, 9.17) is 18.9 Å². The molecule has 2 heterocycles. The van der Waals surface area contributed by atoms with Crippen molar-refractivity contribution in [2.45, 2.75) is 28.7 Å². The van der Waals surface area contributed by atoms with Gasteiger partial charge in [0.1, 0.15) is 18.1 Å². The maximum absolute atomic E-state index is 13.5. The molecule has 0 aliphatic heterocycles. The Morgan fingerprint density at radius 3 is 2.43 bits per heavy atom. The normalized spacial score (nSPS) is 13.1. The highest BCUT2D eigenvalue weighted by atomic mass is 32.2. The fraction of sp³-hybridized carbons (Fsp3) is 0.355. The Bertz CT molecular complexity index is 1630. The van der Waals surface area contributed by atoms with E-state index < -0.39 is 21.1 Å². The average Bonchev–Trinajstić information content (AvgIpc) is 3.48. The summed E-state index contributed by atoms with van der Waals surface area (Å²) in [6, 6.07) is 19.7. The van der Waals surface area contributed by atoms with E-state index in [0.29, 0.717) is 34.7 Å². The number of anilines is 1. The van der Waals surface area contributed by atoms with Crippen LogP contribution in [-0.4, -0.2) is 83.5 Å². The molecule has 0 saturated carbocycles. The smallest absolute Gasteiger partial charge is 0.281 e. The lowest BCUT2D eigenvalue weighted by molar-refractivity contribution is -0.120. The van der Waals surface area contributed by atoms with Crippen molar-refractivity contribution in [1.29, 1.82) is 0 Å². The number of H-pyrrole nitrogens is 1. The van der Waals surface area contributed by atoms with Crippen molar-refractivity contribution in [3.8, 4) is 5.75 Å². The zero-order valence-electron chi connectivity index (χ0n) is 25.4. The summed E-state index contributed by atoms with van der Waals surface area (Å²) in [6.07, 6.45) is 0.824. The van der Waals surface area contributed by atoms with Gasteiger partial charge in [-0.05, 0) is 36.8 Å². The van der Waals surface area contributed by atoms with Crippen molar-refractivity contribution < 1.29 is 32.2 Å². The largest absolute Gasteiger partial charge is 0.491 e. The number of aromatic nitrogens is 2. The van der Waals surface area contributed by atoms with Crippen molar-refractivity contribution >= 4 is 44.3 Å². The van der Waals surface area contributed by atoms with Gasteiger partial charge in [0.25, 0.3) is 15.9 Å². The van der Waals surface area contributed by atoms with Crippen LogP contribution in [0.4, 0.5) is 5.69 Å². The van der Waals surface area contributed by atoms with E-state index in [9.17, 15) is 13.2 Å². The van der Waals surface area contributed by atoms with Gasteiger partial charge in [0.05, 0.1) is 22.6 Å². The average molecular weight is 643 g/mol. The number of benzene rings is 2. The lowest BCUT2D eigenvalue weighted by atomic mass is 10.1. The van der Waals surface area contributed by atoms with E-state index in [-0.39, 0.29) is 29.8 Å². The summed E-state index contributed by atoms with van der Waals surface area (Å²) in [5.74, 6) is 0.739. The second-order valence-electron chi connectivity index (χ2n) is 10.1. The predicted octanol–water partition coefficient (Wildman–Crippen LogP) is 4.45. The number of fused-ring (bicyclic) bond motifs is 1. The number of thioether (sulfide) groups is 1. The van der Waals surface area contributed by atoms with Crippen LogP contribution in [0.5, 0.6) is 5.75 Å². The maximum Gasteiger partial charge on any atom is 0.281 e. The molecule has 0 bridgehead atoms. The van der Waals surface area contributed by atoms with E-state index in [1.807, 2.05) is 37.3 Å². The molecule has 0 fully saturated rings. The molecule has 4 rings (SSSR count). The van der Waals surface area contributed by atoms with Crippen LogP contribution >= 0.6 is 11.8 Å². The number of aromatic amines is 1. The number of amides is 1. The Kier molecular flexibility index (Phi) is 11.3. The maximum atomic E-state index is 13.5. The van der Waals surface area contributed by atoms with Crippen LogP contribution in [0.1, 0.15) is 23.0 Å². The number of carbonyl (C=O) groups excluding carboxylic acids is 1. The van der Waals surface area contributed by atoms with Crippen molar-refractivity contribution in [2.75, 3.05) is 52.4 Å². The highest BCUT2D eigenvalue weighted by molar-refractivity contribution is 8.00. The third kappa shape index (κ3) is 7.71. The first kappa shape index (κ1) is 33.3. The predicted molar refractivity (Wildman–Crippen MR) is 172 cm³/mol. The quantitative estimate of drug-likeness (QED) is 0.134. The number of hydrogen-bond donors (Lipinski definition) is 2. The molecule has 11 nitrogen and oxygen atoms in total. The van der Waals surface area contributed by atoms with Gasteiger partial charge in [-0.3, -0.25) is 9.10 Å². The van der Waals surface area contributed by atoms with Gasteiger partial charge in [0, 0.05) is 58.3 Å². The van der Waals surface area contributed by atoms with E-state index >= 15 is 0 Å². The highest BCUT2D eigenvalue weighted by Crippen LogP contribution is 2.35. The van der Waals surface area contributed by atoms with Gasteiger partial charge in [-0.1, -0.05) is 36.4 Å². The summed E-state index contributed by atoms with van der Waals surface area (Å²) in [5.41, 5.74) is 2.13. The number of hydrogen-bond acceptors (Lipinski definition) is 9. The molecule has 13 heteroatoms. The molecular formula is C31H38N4O7S2. The summed E-state index contributed by atoms with van der Waals surface area (Å²) in [6.45, 7) is 2.82. The van der Waals surface area contributed by atoms with E-state index in [1.165, 1.54) is 19.3 Å². The lowest BCUT2D eigenvalue weighted by Crippen LogP contribution is -2.48. The molecule has 4 aromatic rings. The van der Waals surface area contributed by atoms with Crippen molar-refractivity contribution in [3.63, 3.8) is 0 Å². The van der Waals surface area contributed by atoms with E-state index in [1.54, 1.807) is 63.4 Å². The molecule has 2 aromatic heterocycles. The molecule has 0 radical (unpaired) electrons. The van der Waals surface area contributed by atoms with Crippen molar-refractivity contribution in [1.82, 2.24) is 15.3 Å². The second-order valence-corrected chi connectivity index (χ2v) is 13.6. The molecule has 0 aliphatic carbocycles. The minimum atomic E-state index is -4.02. The van der Waals surface area contributed by atoms with Crippen LogP contribution in [0.2, 0.25) is 0 Å². The number of ether oxygens (including phenoxy) is 4. The summed E-state index contributed by atoms with van der Waals surface area (Å²) in [5, 5.41) is 3.49. The second kappa shape index (κ2) is 14.9. The van der Waals surface area contributed by atoms with Gasteiger partial charge in [-0.25, -0.2) is 4.98 Å². The minimum absolute atomic E-state index is 0.107. The molecule has 0 saturated heterocycles. The third-order valence-electron chi connectivity index (χ3n) is 7.02. The van der Waals surface area contributed by atoms with Crippen LogP contribution in [0.15, 0.2) is 78.0 Å². The summed E-state index contributed by atoms with van der Waals surface area (Å²) < 4.78 is 49.6. The van der Waals surface area contributed by atoms with E-state index in [2.05, 4.69) is 15.3 Å². The first-order valence-electron chi connectivity index (χ1n) is 13.8. The number of carbonyl (C=O) groups is 1. The number of sulfonamides is 1. The molecule has 2 aromatic carbocycles. The molecule has 1 unspecified atom stereocenters. The molecular weight excluding hydrogens is 604 g/mol. The van der Waals surface area contributed by atoms with E-state index in [0.717, 1.165) is 9.87 Å². The Morgan fingerprint density at radius 1 is 1.05 bits per heavy atom. The van der Waals surface area contributed by atoms with Crippen molar-refractivity contribution in [3.05, 3.63) is 84.2 Å². The SMILES string of the molecule is COCCOc1cc(N(C)S(=O)(=O)c2ccccn2)c2[nH]c(C(=O)NCC(C)(SCc3ccccc3)C(OC)OC)cc2c1. The van der Waals surface area contributed by atoms with Gasteiger partial charge in [0.15, 0.2) is 11.3 Å². The fourth-order valence-electron chi connectivity index (χ4n) is 4.64. The number of rotatable bonds is 16. The number of methoxy groups -OCH3 is 3. The zero-order chi connectivity index (χ0) is 31.7. The molecule has 0 spiro atoms. The van der Waals surface area contributed by atoms with Gasteiger partial charge in [0.2, 0.25) is 0 Å². The third-order valence-corrected chi connectivity index (χ3v) is 10.2. The van der Waals surface area contributed by atoms with Crippen LogP contribution in [0.3, 0.4) is 0 Å². The lowest BCUT2D eigenvalue weighted by Gasteiger charge is -2.35. The number of nitrogens with zero attached hydrogens (tertiary/aromatic N) is 2. The molecule has 236 valence electrons. The molecule has 44 heavy (non-hydrogen) atoms. The Labute approximate surface area is 262 Å². The fourth-order valence-corrected chi connectivity index (χ4v) is 6.95. The van der Waals surface area contributed by atoms with Gasteiger partial charge in [-0.2, -0.15) is 8.42 Å². The standard InChI is InChI=1S/C31H38N4O7S2/c1-31(30(40-4)41-5,43-20-22-11-7-6-8-12-22)21-33-29(36)25-18-23-17-24(42-16-15-39-3)19-26(28(23)34-25)35(2)44(37,38)27-13-9-10-14-32-27/h6-14,17-19,30,34H,15-16,20-21H2,1-5H3,(H,33,36). The molecule has 1 amide bonds. The Balaban J connectivity index is 1.63. The van der Waals surface area contributed by atoms with Crippen LogP contribution in [0.25, 0.3) is 10.9 Å². The van der Waals surface area contributed by atoms with Crippen LogP contribution in [-0.2, 0) is 30.0 Å². The number of nitrogens with one attached hydrogen (secondary N) is 2. The van der Waals surface area contributed by atoms with Gasteiger partial charge < -0.3 is 29.2 Å². The summed E-state index contributed by atoms with van der Waals surface area (Å²) in [4.78, 5) is 20.7. The topological polar surface area (TPSA) is 132 Å². The summed E-state index contributed by atoms with van der Waals surface area (Å²) >= 11 is 1.61. The minimum Gasteiger partial charge on any atom is -0.491 e. The molecule has 0 aliphatic rings. The van der Waals surface area contributed by atoms with Gasteiger partial charge in [-0.15, -0.1) is 11.8 Å². The molecule has 1 atom stereocenters. The Hall–Kier alpha value is -3.62. The zero-order valence-corrected chi connectivity index (χ0v) is 27.0.